The molecule has 2 amide bonds. The van der Waals surface area contributed by atoms with Gasteiger partial charge in [0.2, 0.25) is 5.91 Å². The van der Waals surface area contributed by atoms with Crippen molar-refractivity contribution in [3.63, 3.8) is 0 Å². The number of amides is 2. The summed E-state index contributed by atoms with van der Waals surface area (Å²) in [6.45, 7) is 5.72. The third-order valence-electron chi connectivity index (χ3n) is 3.41. The fourth-order valence-electron chi connectivity index (χ4n) is 2.44. The van der Waals surface area contributed by atoms with E-state index in [2.05, 4.69) is 10.4 Å². The monoisotopic (exact) mass is 328 g/mol. The molecular formula is C18H24N4O2. The smallest absolute Gasteiger partial charge is 0.252 e. The zero-order valence-electron chi connectivity index (χ0n) is 14.6. The van der Waals surface area contributed by atoms with E-state index in [1.807, 2.05) is 51.1 Å². The normalized spacial score (nSPS) is 12.5. The maximum Gasteiger partial charge on any atom is 0.252 e. The number of nitrogens with zero attached hydrogens (tertiary/aromatic N) is 3. The Morgan fingerprint density at radius 2 is 1.88 bits per heavy atom. The van der Waals surface area contributed by atoms with E-state index >= 15 is 0 Å². The van der Waals surface area contributed by atoms with E-state index < -0.39 is 6.04 Å². The van der Waals surface area contributed by atoms with Crippen LogP contribution < -0.4 is 5.32 Å². The van der Waals surface area contributed by atoms with Crippen LogP contribution in [0.1, 0.15) is 32.4 Å². The summed E-state index contributed by atoms with van der Waals surface area (Å²) >= 11 is 0. The molecule has 0 spiro atoms. The number of likely N-dealkylation sites (N-methyl/N-ethyl adjacent to an activating group) is 1. The topological polar surface area (TPSA) is 67.2 Å². The molecule has 0 aliphatic rings. The summed E-state index contributed by atoms with van der Waals surface area (Å²) in [6, 6.07) is 10.6. The van der Waals surface area contributed by atoms with Crippen LogP contribution in [0.5, 0.6) is 0 Å². The number of carbonyl (C=O) groups is 2. The summed E-state index contributed by atoms with van der Waals surface area (Å²) in [5, 5.41) is 7.07. The van der Waals surface area contributed by atoms with Gasteiger partial charge in [0.15, 0.2) is 6.04 Å². The Kier molecular flexibility index (Phi) is 5.39. The molecule has 128 valence electrons. The summed E-state index contributed by atoms with van der Waals surface area (Å²) in [5.41, 5.74) is 0.496. The molecule has 1 aromatic heterocycles. The number of hydrogen-bond acceptors (Lipinski definition) is 3. The standard InChI is InChI=1S/C18H24N4O2/c1-18(2,3)20-15(23)13-21(4)17(24)16(22-12-8-11-19-22)14-9-6-5-7-10-14/h5-12,16H,13H2,1-4H3,(H,20,23)/t16-/m0/s1. The van der Waals surface area contributed by atoms with Crippen LogP contribution in [0.2, 0.25) is 0 Å². The van der Waals surface area contributed by atoms with Gasteiger partial charge in [0.1, 0.15) is 0 Å². The zero-order chi connectivity index (χ0) is 17.7. The van der Waals surface area contributed by atoms with Crippen molar-refractivity contribution in [3.8, 4) is 0 Å². The Morgan fingerprint density at radius 1 is 1.21 bits per heavy atom. The predicted octanol–water partition coefficient (Wildman–Crippen LogP) is 1.85. The van der Waals surface area contributed by atoms with E-state index in [0.29, 0.717) is 0 Å². The van der Waals surface area contributed by atoms with E-state index in [9.17, 15) is 9.59 Å². The van der Waals surface area contributed by atoms with Crippen molar-refractivity contribution in [2.45, 2.75) is 32.4 Å². The van der Waals surface area contributed by atoms with Crippen LogP contribution >= 0.6 is 0 Å². The quantitative estimate of drug-likeness (QED) is 0.911. The molecule has 0 aliphatic carbocycles. The number of hydrogen-bond donors (Lipinski definition) is 1. The highest BCUT2D eigenvalue weighted by atomic mass is 16.2. The predicted molar refractivity (Wildman–Crippen MR) is 92.3 cm³/mol. The highest BCUT2D eigenvalue weighted by molar-refractivity contribution is 5.88. The second-order valence-corrected chi connectivity index (χ2v) is 6.79. The van der Waals surface area contributed by atoms with Crippen LogP contribution in [0.15, 0.2) is 48.8 Å². The molecule has 2 aromatic rings. The lowest BCUT2D eigenvalue weighted by Crippen LogP contribution is -2.47. The highest BCUT2D eigenvalue weighted by Crippen LogP contribution is 2.19. The van der Waals surface area contributed by atoms with Crippen LogP contribution in [0.3, 0.4) is 0 Å². The maximum atomic E-state index is 12.9. The van der Waals surface area contributed by atoms with Gasteiger partial charge in [-0.05, 0) is 32.4 Å². The molecule has 6 heteroatoms. The third-order valence-corrected chi connectivity index (χ3v) is 3.41. The van der Waals surface area contributed by atoms with Crippen molar-refractivity contribution in [2.24, 2.45) is 0 Å². The number of aromatic nitrogens is 2. The lowest BCUT2D eigenvalue weighted by atomic mass is 10.1. The molecule has 0 fully saturated rings. The molecule has 0 unspecified atom stereocenters. The number of carbonyl (C=O) groups excluding carboxylic acids is 2. The molecule has 0 radical (unpaired) electrons. The summed E-state index contributed by atoms with van der Waals surface area (Å²) in [6.07, 6.45) is 3.38. The summed E-state index contributed by atoms with van der Waals surface area (Å²) < 4.78 is 1.61. The second-order valence-electron chi connectivity index (χ2n) is 6.79. The molecule has 0 saturated carbocycles. The lowest BCUT2D eigenvalue weighted by molar-refractivity contribution is -0.137. The Bertz CT molecular complexity index is 675. The Hall–Kier alpha value is -2.63. The molecule has 0 saturated heterocycles. The van der Waals surface area contributed by atoms with Gasteiger partial charge in [0, 0.05) is 25.0 Å². The third kappa shape index (κ3) is 4.68. The molecule has 0 bridgehead atoms. The van der Waals surface area contributed by atoms with Crippen LogP contribution in [-0.2, 0) is 9.59 Å². The van der Waals surface area contributed by atoms with Crippen molar-refractivity contribution in [2.75, 3.05) is 13.6 Å². The van der Waals surface area contributed by atoms with Crippen molar-refractivity contribution in [1.82, 2.24) is 20.0 Å². The SMILES string of the molecule is CN(CC(=O)NC(C)(C)C)C(=O)[C@H](c1ccccc1)n1cccn1. The number of nitrogens with one attached hydrogen (secondary N) is 1. The molecule has 0 aliphatic heterocycles. The van der Waals surface area contributed by atoms with Gasteiger partial charge < -0.3 is 10.2 Å². The zero-order valence-corrected chi connectivity index (χ0v) is 14.6. The van der Waals surface area contributed by atoms with Gasteiger partial charge in [0.25, 0.3) is 5.91 Å². The first-order valence-electron chi connectivity index (χ1n) is 7.88. The van der Waals surface area contributed by atoms with Gasteiger partial charge in [-0.1, -0.05) is 30.3 Å². The van der Waals surface area contributed by atoms with Crippen molar-refractivity contribution in [1.29, 1.82) is 0 Å². The van der Waals surface area contributed by atoms with Crippen LogP contribution in [0.4, 0.5) is 0 Å². The minimum Gasteiger partial charge on any atom is -0.350 e. The molecule has 1 heterocycles. The first-order chi connectivity index (χ1) is 11.3. The van der Waals surface area contributed by atoms with Gasteiger partial charge in [-0.15, -0.1) is 0 Å². The molecular weight excluding hydrogens is 304 g/mol. The van der Waals surface area contributed by atoms with E-state index in [1.54, 1.807) is 30.2 Å². The van der Waals surface area contributed by atoms with E-state index in [0.717, 1.165) is 5.56 Å². The molecule has 1 N–H and O–H groups in total. The number of benzene rings is 1. The Morgan fingerprint density at radius 3 is 2.42 bits per heavy atom. The fourth-order valence-corrected chi connectivity index (χ4v) is 2.44. The van der Waals surface area contributed by atoms with Crippen molar-refractivity contribution < 1.29 is 9.59 Å². The van der Waals surface area contributed by atoms with Crippen molar-refractivity contribution >= 4 is 11.8 Å². The van der Waals surface area contributed by atoms with Crippen LogP contribution in [0, 0.1) is 0 Å². The fraction of sp³-hybridized carbons (Fsp3) is 0.389. The minimum absolute atomic E-state index is 0.000700. The average molecular weight is 328 g/mol. The molecule has 1 aromatic carbocycles. The van der Waals surface area contributed by atoms with Crippen molar-refractivity contribution in [3.05, 3.63) is 54.4 Å². The Balaban J connectivity index is 2.18. The molecule has 24 heavy (non-hydrogen) atoms. The summed E-state index contributed by atoms with van der Waals surface area (Å²) in [4.78, 5) is 26.5. The second kappa shape index (κ2) is 7.29. The van der Waals surface area contributed by atoms with Crippen LogP contribution in [-0.4, -0.2) is 45.6 Å². The molecule has 2 rings (SSSR count). The van der Waals surface area contributed by atoms with Gasteiger partial charge >= 0.3 is 0 Å². The largest absolute Gasteiger partial charge is 0.350 e. The van der Waals surface area contributed by atoms with Gasteiger partial charge in [0.05, 0.1) is 6.54 Å². The van der Waals surface area contributed by atoms with Gasteiger partial charge in [-0.3, -0.25) is 14.3 Å². The molecule has 1 atom stereocenters. The molecule has 6 nitrogen and oxygen atoms in total. The maximum absolute atomic E-state index is 12.9. The first kappa shape index (κ1) is 17.7. The van der Waals surface area contributed by atoms with E-state index in [-0.39, 0.29) is 23.9 Å². The lowest BCUT2D eigenvalue weighted by Gasteiger charge is -2.26. The van der Waals surface area contributed by atoms with E-state index in [4.69, 9.17) is 0 Å². The minimum atomic E-state index is -0.589. The Labute approximate surface area is 142 Å². The first-order valence-corrected chi connectivity index (χ1v) is 7.88. The summed E-state index contributed by atoms with van der Waals surface area (Å²) in [7, 11) is 1.63. The highest BCUT2D eigenvalue weighted by Gasteiger charge is 2.27. The van der Waals surface area contributed by atoms with Gasteiger partial charge in [-0.25, -0.2) is 0 Å². The number of rotatable bonds is 5. The van der Waals surface area contributed by atoms with E-state index in [1.165, 1.54) is 4.90 Å². The summed E-state index contributed by atoms with van der Waals surface area (Å²) in [5.74, 6) is -0.375. The average Bonchev–Trinajstić information content (AvgIpc) is 3.00. The van der Waals surface area contributed by atoms with Gasteiger partial charge in [-0.2, -0.15) is 5.10 Å². The van der Waals surface area contributed by atoms with Crippen LogP contribution in [0.25, 0.3) is 0 Å².